The molecule has 0 radical (unpaired) electrons. The van der Waals surface area contributed by atoms with Gasteiger partial charge in [0.05, 0.1) is 10.8 Å². The molecule has 0 aromatic heterocycles. The Balaban J connectivity index is 1.03. The Morgan fingerprint density at radius 1 is 0.354 bits per heavy atom. The van der Waals surface area contributed by atoms with Crippen LogP contribution in [0.2, 0.25) is 0 Å². The topological polar surface area (TPSA) is 18.5 Å². The third kappa shape index (κ3) is 7.55. The first-order chi connectivity index (χ1) is 39.1. The van der Waals surface area contributed by atoms with Crippen molar-refractivity contribution >= 4 is 16.3 Å². The number of hydrogen-bond donors (Lipinski definition) is 0. The van der Waals surface area contributed by atoms with E-state index in [2.05, 4.69) is 305 Å². The Kier molecular flexibility index (Phi) is 11.7. The first kappa shape index (κ1) is 47.4. The Morgan fingerprint density at radius 2 is 0.772 bits per heavy atom. The van der Waals surface area contributed by atoms with Crippen molar-refractivity contribution < 1.29 is 9.47 Å². The van der Waals surface area contributed by atoms with Crippen molar-refractivity contribution in [1.82, 2.24) is 0 Å². The highest BCUT2D eigenvalue weighted by atomic mass is 16.5. The highest BCUT2D eigenvalue weighted by Gasteiger charge is 2.47. The molecule has 79 heavy (non-hydrogen) atoms. The van der Waals surface area contributed by atoms with Gasteiger partial charge in [0.1, 0.15) is 23.0 Å². The van der Waals surface area contributed by atoms with Crippen LogP contribution >= 0.6 is 0 Å². The van der Waals surface area contributed by atoms with Crippen LogP contribution in [0.4, 0.5) is 0 Å². The zero-order valence-electron chi connectivity index (χ0n) is 43.8. The molecule has 12 aromatic rings. The Labute approximate surface area is 462 Å². The molecule has 0 saturated carbocycles. The molecular formula is C77H54O2. The van der Waals surface area contributed by atoms with Crippen molar-refractivity contribution in [2.24, 2.45) is 0 Å². The SMILES string of the molecule is C=C/C=C(/c1cccc(C2(c3ccccc3)c3ccccc3Oc3ccccc32)c1)c1cc2c(-c3cccc(C4(c5ccccc5)c5ccccc5Oc5ccccc54)c3)cccc2c(-c2ccccc2-c2ccccc2)c1C. The molecule has 2 heteroatoms. The normalized spacial score (nSPS) is 13.7. The van der Waals surface area contributed by atoms with Gasteiger partial charge >= 0.3 is 0 Å². The molecule has 0 aliphatic carbocycles. The molecule has 374 valence electrons. The molecule has 12 aromatic carbocycles. The molecule has 0 unspecified atom stereocenters. The van der Waals surface area contributed by atoms with E-state index in [1.807, 2.05) is 6.08 Å². The predicted octanol–water partition coefficient (Wildman–Crippen LogP) is 19.7. The van der Waals surface area contributed by atoms with Gasteiger partial charge in [-0.05, 0) is 138 Å². The molecule has 0 saturated heterocycles. The van der Waals surface area contributed by atoms with Crippen LogP contribution < -0.4 is 9.47 Å². The van der Waals surface area contributed by atoms with E-state index in [9.17, 15) is 0 Å². The minimum Gasteiger partial charge on any atom is -0.457 e. The highest BCUT2D eigenvalue weighted by molar-refractivity contribution is 6.10. The number of benzene rings is 12. The van der Waals surface area contributed by atoms with Gasteiger partial charge in [-0.25, -0.2) is 0 Å². The fraction of sp³-hybridized carbons (Fsp3) is 0.0390. The summed E-state index contributed by atoms with van der Waals surface area (Å²) in [4.78, 5) is 0. The molecule has 0 spiro atoms. The molecule has 0 N–H and O–H groups in total. The van der Waals surface area contributed by atoms with Crippen LogP contribution in [-0.2, 0) is 10.8 Å². The summed E-state index contributed by atoms with van der Waals surface area (Å²) in [5.74, 6) is 3.41. The molecule has 2 nitrogen and oxygen atoms in total. The molecule has 0 bridgehead atoms. The van der Waals surface area contributed by atoms with E-state index in [0.29, 0.717) is 0 Å². The van der Waals surface area contributed by atoms with Gasteiger partial charge in [0.25, 0.3) is 0 Å². The summed E-state index contributed by atoms with van der Waals surface area (Å²) in [6.45, 7) is 6.70. The quantitative estimate of drug-likeness (QED) is 0.127. The van der Waals surface area contributed by atoms with E-state index in [-0.39, 0.29) is 0 Å². The van der Waals surface area contributed by atoms with Gasteiger partial charge in [0.15, 0.2) is 0 Å². The first-order valence-electron chi connectivity index (χ1n) is 27.2. The van der Waals surface area contributed by atoms with Crippen LogP contribution in [0.1, 0.15) is 61.2 Å². The molecular weight excluding hydrogens is 957 g/mol. The number of hydrogen-bond acceptors (Lipinski definition) is 2. The first-order valence-corrected chi connectivity index (χ1v) is 27.2. The van der Waals surface area contributed by atoms with Crippen LogP contribution in [-0.4, -0.2) is 0 Å². The number of allylic oxidation sites excluding steroid dienone is 2. The van der Waals surface area contributed by atoms with Gasteiger partial charge in [0.2, 0.25) is 0 Å². The fourth-order valence-electron chi connectivity index (χ4n) is 13.2. The minimum absolute atomic E-state index is 0.678. The second-order valence-electron chi connectivity index (χ2n) is 20.6. The lowest BCUT2D eigenvalue weighted by molar-refractivity contribution is 0.434. The Morgan fingerprint density at radius 3 is 1.32 bits per heavy atom. The monoisotopic (exact) mass is 1010 g/mol. The third-order valence-electron chi connectivity index (χ3n) is 16.5. The highest BCUT2D eigenvalue weighted by Crippen LogP contribution is 2.58. The van der Waals surface area contributed by atoms with Crippen molar-refractivity contribution in [2.75, 3.05) is 0 Å². The van der Waals surface area contributed by atoms with Gasteiger partial charge < -0.3 is 9.47 Å². The largest absolute Gasteiger partial charge is 0.457 e. The summed E-state index contributed by atoms with van der Waals surface area (Å²) >= 11 is 0. The van der Waals surface area contributed by atoms with Crippen LogP contribution in [0.5, 0.6) is 23.0 Å². The van der Waals surface area contributed by atoms with E-state index in [0.717, 1.165) is 89.6 Å². The summed E-state index contributed by atoms with van der Waals surface area (Å²) in [5, 5.41) is 2.33. The number of rotatable bonds is 10. The number of fused-ring (bicyclic) bond motifs is 5. The van der Waals surface area contributed by atoms with Crippen molar-refractivity contribution in [1.29, 1.82) is 0 Å². The van der Waals surface area contributed by atoms with Gasteiger partial charge in [-0.15, -0.1) is 0 Å². The lowest BCUT2D eigenvalue weighted by Gasteiger charge is -2.41. The summed E-state index contributed by atoms with van der Waals surface area (Å²) in [6.07, 6.45) is 4.14. The van der Waals surface area contributed by atoms with Crippen molar-refractivity contribution in [2.45, 2.75) is 17.8 Å². The summed E-state index contributed by atoms with van der Waals surface area (Å²) in [6, 6.07) is 103. The lowest BCUT2D eigenvalue weighted by atomic mass is 9.63. The maximum Gasteiger partial charge on any atom is 0.132 e. The lowest BCUT2D eigenvalue weighted by Crippen LogP contribution is -2.34. The summed E-state index contributed by atoms with van der Waals surface area (Å²) in [7, 11) is 0. The van der Waals surface area contributed by atoms with E-state index in [4.69, 9.17) is 9.47 Å². The van der Waals surface area contributed by atoms with Crippen molar-refractivity contribution in [3.05, 3.63) is 365 Å². The molecule has 2 heterocycles. The average Bonchev–Trinajstić information content (AvgIpc) is 3.22. The standard InChI is InChI=1S/C77H54O2/c1-3-26-60(54-29-23-35-58(49-54)76(56-31-9-5-10-32-56)67-41-15-19-45-71(67)78-72-46-20-16-42-68(72)76)65-51-66-62(39-25-40-64(66)75(52(65)2)63-38-14-13-37-61(63)53-27-7-4-8-28-53)55-30-24-36-59(50-55)77(57-33-11-6-12-34-57)69-43-17-21-47-73(69)79-74-48-22-18-44-70(74)77/h3-51H,1H2,2H3/b60-26-. The van der Waals surface area contributed by atoms with Gasteiger partial charge in [0, 0.05) is 22.3 Å². The average molecular weight is 1010 g/mol. The fourth-order valence-corrected chi connectivity index (χ4v) is 13.2. The Hall–Kier alpha value is -10.0. The maximum absolute atomic E-state index is 6.73. The Bertz CT molecular complexity index is 4250. The summed E-state index contributed by atoms with van der Waals surface area (Å²) in [5.41, 5.74) is 19.1. The molecule has 0 fully saturated rings. The number of ether oxygens (including phenoxy) is 2. The zero-order valence-corrected chi connectivity index (χ0v) is 43.8. The summed E-state index contributed by atoms with van der Waals surface area (Å²) < 4.78 is 13.5. The van der Waals surface area contributed by atoms with E-state index < -0.39 is 10.8 Å². The van der Waals surface area contributed by atoms with Crippen LogP contribution in [0.3, 0.4) is 0 Å². The minimum atomic E-state index is -0.693. The molecule has 14 rings (SSSR count). The van der Waals surface area contributed by atoms with Crippen LogP contribution in [0, 0.1) is 6.92 Å². The molecule has 0 amide bonds. The maximum atomic E-state index is 6.73. The third-order valence-corrected chi connectivity index (χ3v) is 16.5. The smallest absolute Gasteiger partial charge is 0.132 e. The van der Waals surface area contributed by atoms with Gasteiger partial charge in [-0.2, -0.15) is 0 Å². The van der Waals surface area contributed by atoms with Crippen LogP contribution in [0.15, 0.2) is 304 Å². The van der Waals surface area contributed by atoms with Crippen molar-refractivity contribution in [3.63, 3.8) is 0 Å². The molecule has 0 atom stereocenters. The van der Waals surface area contributed by atoms with E-state index in [1.165, 1.54) is 44.3 Å². The van der Waals surface area contributed by atoms with Crippen LogP contribution in [0.25, 0.3) is 49.7 Å². The second kappa shape index (κ2) is 19.5. The van der Waals surface area contributed by atoms with E-state index >= 15 is 0 Å². The van der Waals surface area contributed by atoms with Gasteiger partial charge in [-0.1, -0.05) is 261 Å². The molecule has 2 aliphatic rings. The van der Waals surface area contributed by atoms with Gasteiger partial charge in [-0.3, -0.25) is 0 Å². The predicted molar refractivity (Wildman–Crippen MR) is 325 cm³/mol. The van der Waals surface area contributed by atoms with Crippen molar-refractivity contribution in [3.8, 4) is 56.4 Å². The second-order valence-corrected chi connectivity index (χ2v) is 20.6. The van der Waals surface area contributed by atoms with E-state index in [1.54, 1.807) is 0 Å². The molecule has 2 aliphatic heterocycles. The number of para-hydroxylation sites is 4. The zero-order chi connectivity index (χ0) is 52.9.